The fourth-order valence-electron chi connectivity index (χ4n) is 2.00. The smallest absolute Gasteiger partial charge is 0.355 e. The maximum atomic E-state index is 11.7. The van der Waals surface area contributed by atoms with Crippen LogP contribution in [0.2, 0.25) is 0 Å². The molecule has 0 fully saturated rings. The highest BCUT2D eigenvalue weighted by Gasteiger charge is 2.19. The van der Waals surface area contributed by atoms with Gasteiger partial charge in [0.1, 0.15) is 5.69 Å². The monoisotopic (exact) mass is 247 g/mol. The molecule has 2 N–H and O–H groups in total. The van der Waals surface area contributed by atoms with Gasteiger partial charge in [-0.3, -0.25) is 0 Å². The first kappa shape index (κ1) is 12.2. The van der Waals surface area contributed by atoms with Crippen LogP contribution in [0.15, 0.2) is 18.2 Å². The van der Waals surface area contributed by atoms with Gasteiger partial charge in [0.15, 0.2) is 0 Å². The van der Waals surface area contributed by atoms with Gasteiger partial charge in [0.05, 0.1) is 12.2 Å². The lowest BCUT2D eigenvalue weighted by Gasteiger charge is -2.00. The van der Waals surface area contributed by atoms with Gasteiger partial charge in [-0.1, -0.05) is 6.07 Å². The number of aromatic amines is 1. The number of aromatic carboxylic acids is 1. The summed E-state index contributed by atoms with van der Waals surface area (Å²) in [4.78, 5) is 25.8. The van der Waals surface area contributed by atoms with Crippen LogP contribution < -0.4 is 0 Å². The molecule has 2 aromatic rings. The SMILES string of the molecule is CCOC(=O)c1[nH]c2cccc(C(=O)O)c2c1C. The number of carboxylic acid groups (broad SMARTS) is 1. The Morgan fingerprint density at radius 3 is 2.72 bits per heavy atom. The second-order valence-electron chi connectivity index (χ2n) is 3.88. The zero-order valence-electron chi connectivity index (χ0n) is 10.1. The van der Waals surface area contributed by atoms with Gasteiger partial charge < -0.3 is 14.8 Å². The minimum atomic E-state index is -1.02. The lowest BCUT2D eigenvalue weighted by atomic mass is 10.1. The van der Waals surface area contributed by atoms with Crippen LogP contribution in [0.25, 0.3) is 10.9 Å². The van der Waals surface area contributed by atoms with Crippen LogP contribution in [0.1, 0.15) is 33.3 Å². The van der Waals surface area contributed by atoms with E-state index in [0.717, 1.165) is 0 Å². The summed E-state index contributed by atoms with van der Waals surface area (Å²) in [5.74, 6) is -1.49. The zero-order valence-corrected chi connectivity index (χ0v) is 10.1. The lowest BCUT2D eigenvalue weighted by Crippen LogP contribution is -2.06. The Bertz CT molecular complexity index is 627. The largest absolute Gasteiger partial charge is 0.478 e. The standard InChI is InChI=1S/C13H13NO4/c1-3-18-13(17)11-7(2)10-8(12(15)16)5-4-6-9(10)14-11/h4-6,14H,3H2,1-2H3,(H,15,16). The van der Waals surface area contributed by atoms with E-state index in [1.807, 2.05) is 0 Å². The fourth-order valence-corrected chi connectivity index (χ4v) is 2.00. The molecular formula is C13H13NO4. The van der Waals surface area contributed by atoms with Crippen LogP contribution >= 0.6 is 0 Å². The fraction of sp³-hybridized carbons (Fsp3) is 0.231. The van der Waals surface area contributed by atoms with Gasteiger partial charge >= 0.3 is 11.9 Å². The predicted octanol–water partition coefficient (Wildman–Crippen LogP) is 2.35. The molecule has 0 saturated heterocycles. The van der Waals surface area contributed by atoms with Crippen molar-refractivity contribution in [3.8, 4) is 0 Å². The molecule has 0 atom stereocenters. The molecule has 5 heteroatoms. The van der Waals surface area contributed by atoms with Crippen molar-refractivity contribution >= 4 is 22.8 Å². The van der Waals surface area contributed by atoms with Gasteiger partial charge in [0.25, 0.3) is 0 Å². The second kappa shape index (κ2) is 4.52. The van der Waals surface area contributed by atoms with E-state index in [9.17, 15) is 9.59 Å². The van der Waals surface area contributed by atoms with E-state index in [1.165, 1.54) is 6.07 Å². The molecular weight excluding hydrogens is 234 g/mol. The Morgan fingerprint density at radius 2 is 2.11 bits per heavy atom. The van der Waals surface area contributed by atoms with E-state index in [1.54, 1.807) is 26.0 Å². The summed E-state index contributed by atoms with van der Waals surface area (Å²) in [5.41, 5.74) is 1.70. The number of nitrogens with one attached hydrogen (secondary N) is 1. The second-order valence-corrected chi connectivity index (χ2v) is 3.88. The maximum absolute atomic E-state index is 11.7. The summed E-state index contributed by atoms with van der Waals surface area (Å²) < 4.78 is 4.92. The molecule has 2 rings (SSSR count). The normalized spacial score (nSPS) is 10.6. The number of rotatable bonds is 3. The summed E-state index contributed by atoms with van der Waals surface area (Å²) in [6.07, 6.45) is 0. The first-order valence-corrected chi connectivity index (χ1v) is 5.58. The average molecular weight is 247 g/mol. The molecule has 5 nitrogen and oxygen atoms in total. The highest BCUT2D eigenvalue weighted by Crippen LogP contribution is 2.25. The van der Waals surface area contributed by atoms with Crippen LogP contribution in [-0.4, -0.2) is 28.6 Å². The molecule has 0 aliphatic heterocycles. The lowest BCUT2D eigenvalue weighted by molar-refractivity contribution is 0.0519. The maximum Gasteiger partial charge on any atom is 0.355 e. The number of aryl methyl sites for hydroxylation is 1. The van der Waals surface area contributed by atoms with E-state index in [2.05, 4.69) is 4.98 Å². The summed E-state index contributed by atoms with van der Waals surface area (Å²) in [5, 5.41) is 9.68. The van der Waals surface area contributed by atoms with Crippen LogP contribution in [0.4, 0.5) is 0 Å². The molecule has 0 unspecified atom stereocenters. The number of carbonyl (C=O) groups excluding carboxylic acids is 1. The van der Waals surface area contributed by atoms with Gasteiger partial charge in [-0.05, 0) is 31.5 Å². The number of esters is 1. The van der Waals surface area contributed by atoms with Crippen molar-refractivity contribution in [3.63, 3.8) is 0 Å². The number of hydrogen-bond acceptors (Lipinski definition) is 3. The third-order valence-corrected chi connectivity index (χ3v) is 2.78. The molecule has 0 amide bonds. The molecule has 0 radical (unpaired) electrons. The number of ether oxygens (including phenoxy) is 1. The van der Waals surface area contributed by atoms with E-state index >= 15 is 0 Å². The highest BCUT2D eigenvalue weighted by atomic mass is 16.5. The number of carboxylic acids is 1. The van der Waals surface area contributed by atoms with E-state index in [-0.39, 0.29) is 12.2 Å². The molecule has 0 bridgehead atoms. The Balaban J connectivity index is 2.67. The average Bonchev–Trinajstić information content (AvgIpc) is 2.67. The first-order valence-electron chi connectivity index (χ1n) is 5.58. The zero-order chi connectivity index (χ0) is 13.3. The number of hydrogen-bond donors (Lipinski definition) is 2. The van der Waals surface area contributed by atoms with Crippen molar-refractivity contribution in [3.05, 3.63) is 35.0 Å². The number of H-pyrrole nitrogens is 1. The van der Waals surface area contributed by atoms with E-state index in [0.29, 0.717) is 22.2 Å². The predicted molar refractivity (Wildman–Crippen MR) is 66.0 cm³/mol. The molecule has 0 spiro atoms. The molecule has 1 aromatic heterocycles. The van der Waals surface area contributed by atoms with Crippen LogP contribution in [0.5, 0.6) is 0 Å². The minimum absolute atomic E-state index is 0.178. The van der Waals surface area contributed by atoms with Gasteiger partial charge in [-0.2, -0.15) is 0 Å². The number of fused-ring (bicyclic) bond motifs is 1. The Kier molecular flexibility index (Phi) is 3.06. The van der Waals surface area contributed by atoms with Crippen LogP contribution in [0.3, 0.4) is 0 Å². The molecule has 18 heavy (non-hydrogen) atoms. The number of aromatic nitrogens is 1. The number of carbonyl (C=O) groups is 2. The Hall–Kier alpha value is -2.30. The van der Waals surface area contributed by atoms with Gasteiger partial charge in [0, 0.05) is 10.9 Å². The van der Waals surface area contributed by atoms with Gasteiger partial charge in [-0.15, -0.1) is 0 Å². The van der Waals surface area contributed by atoms with Gasteiger partial charge in [-0.25, -0.2) is 9.59 Å². The third kappa shape index (κ3) is 1.84. The van der Waals surface area contributed by atoms with Crippen molar-refractivity contribution in [2.75, 3.05) is 6.61 Å². The molecule has 0 aliphatic rings. The minimum Gasteiger partial charge on any atom is -0.478 e. The Morgan fingerprint density at radius 1 is 1.39 bits per heavy atom. The topological polar surface area (TPSA) is 79.4 Å². The Labute approximate surface area is 103 Å². The van der Waals surface area contributed by atoms with Crippen molar-refractivity contribution in [1.82, 2.24) is 4.98 Å². The van der Waals surface area contributed by atoms with Crippen LogP contribution in [-0.2, 0) is 4.74 Å². The summed E-state index contributed by atoms with van der Waals surface area (Å²) in [6.45, 7) is 3.70. The summed E-state index contributed by atoms with van der Waals surface area (Å²) in [7, 11) is 0. The van der Waals surface area contributed by atoms with E-state index in [4.69, 9.17) is 9.84 Å². The van der Waals surface area contributed by atoms with Gasteiger partial charge in [0.2, 0.25) is 0 Å². The van der Waals surface area contributed by atoms with Crippen molar-refractivity contribution < 1.29 is 19.4 Å². The summed E-state index contributed by atoms with van der Waals surface area (Å²) in [6, 6.07) is 4.88. The third-order valence-electron chi connectivity index (χ3n) is 2.78. The van der Waals surface area contributed by atoms with Crippen molar-refractivity contribution in [2.45, 2.75) is 13.8 Å². The van der Waals surface area contributed by atoms with Crippen molar-refractivity contribution in [2.24, 2.45) is 0 Å². The highest BCUT2D eigenvalue weighted by molar-refractivity contribution is 6.07. The van der Waals surface area contributed by atoms with Crippen molar-refractivity contribution in [1.29, 1.82) is 0 Å². The molecule has 0 aliphatic carbocycles. The first-order chi connectivity index (χ1) is 8.56. The van der Waals surface area contributed by atoms with E-state index < -0.39 is 11.9 Å². The molecule has 0 saturated carbocycles. The van der Waals surface area contributed by atoms with Crippen LogP contribution in [0, 0.1) is 6.92 Å². The summed E-state index contributed by atoms with van der Waals surface area (Å²) >= 11 is 0. The molecule has 1 aromatic carbocycles. The number of benzene rings is 1. The molecule has 94 valence electrons. The quantitative estimate of drug-likeness (QED) is 0.816. The molecule has 1 heterocycles.